The molecule has 0 radical (unpaired) electrons. The summed E-state index contributed by atoms with van der Waals surface area (Å²) >= 11 is 0. The van der Waals surface area contributed by atoms with Gasteiger partial charge in [0.05, 0.1) is 6.61 Å². The molecule has 1 unspecified atom stereocenters. The number of hydrogen-bond donors (Lipinski definition) is 1. The molecule has 0 aromatic heterocycles. The van der Waals surface area contributed by atoms with Gasteiger partial charge in [0, 0.05) is 12.1 Å². The van der Waals surface area contributed by atoms with Crippen LogP contribution in [0.5, 0.6) is 0 Å². The standard InChI is InChI=1S/C12H21NO4/c1-6-16-10(14)8-7-9(2)13-11(15)17-12(3,4)5/h7-9H,6H2,1-5H3,(H,13,15). The van der Waals surface area contributed by atoms with Gasteiger partial charge in [0.1, 0.15) is 5.60 Å². The number of nitrogens with one attached hydrogen (secondary N) is 1. The fourth-order valence-electron chi connectivity index (χ4n) is 0.955. The van der Waals surface area contributed by atoms with E-state index in [0.29, 0.717) is 6.61 Å². The van der Waals surface area contributed by atoms with Crippen molar-refractivity contribution in [2.75, 3.05) is 6.61 Å². The molecular formula is C12H21NO4. The van der Waals surface area contributed by atoms with Gasteiger partial charge in [0.25, 0.3) is 0 Å². The fourth-order valence-corrected chi connectivity index (χ4v) is 0.955. The zero-order valence-electron chi connectivity index (χ0n) is 11.1. The Morgan fingerprint density at radius 2 is 1.94 bits per heavy atom. The number of rotatable bonds is 4. The van der Waals surface area contributed by atoms with Crippen molar-refractivity contribution in [1.82, 2.24) is 5.32 Å². The van der Waals surface area contributed by atoms with E-state index in [1.54, 1.807) is 40.7 Å². The summed E-state index contributed by atoms with van der Waals surface area (Å²) in [6, 6.07) is -0.297. The van der Waals surface area contributed by atoms with E-state index in [4.69, 9.17) is 9.47 Å². The molecule has 0 aromatic rings. The van der Waals surface area contributed by atoms with Gasteiger partial charge in [-0.15, -0.1) is 0 Å². The van der Waals surface area contributed by atoms with Gasteiger partial charge in [-0.05, 0) is 34.6 Å². The van der Waals surface area contributed by atoms with E-state index in [1.807, 2.05) is 0 Å². The minimum Gasteiger partial charge on any atom is -0.463 e. The minimum atomic E-state index is -0.533. The smallest absolute Gasteiger partial charge is 0.408 e. The molecule has 0 aromatic carbocycles. The maximum absolute atomic E-state index is 11.4. The second-order valence-electron chi connectivity index (χ2n) is 4.55. The molecule has 5 heteroatoms. The van der Waals surface area contributed by atoms with Gasteiger partial charge in [-0.1, -0.05) is 6.08 Å². The topological polar surface area (TPSA) is 64.6 Å². The van der Waals surface area contributed by atoms with Crippen LogP contribution in [0.1, 0.15) is 34.6 Å². The van der Waals surface area contributed by atoms with Crippen molar-refractivity contribution in [2.45, 2.75) is 46.3 Å². The van der Waals surface area contributed by atoms with Gasteiger partial charge in [-0.3, -0.25) is 0 Å². The van der Waals surface area contributed by atoms with Crippen LogP contribution in [0.25, 0.3) is 0 Å². The SMILES string of the molecule is CCOC(=O)C=CC(C)NC(=O)OC(C)(C)C. The first-order valence-corrected chi connectivity index (χ1v) is 5.59. The Hall–Kier alpha value is -1.52. The Morgan fingerprint density at radius 3 is 2.41 bits per heavy atom. The van der Waals surface area contributed by atoms with E-state index in [2.05, 4.69) is 5.32 Å². The number of hydrogen-bond acceptors (Lipinski definition) is 4. The Morgan fingerprint density at radius 1 is 1.35 bits per heavy atom. The molecule has 98 valence electrons. The van der Waals surface area contributed by atoms with E-state index in [0.717, 1.165) is 0 Å². The molecule has 1 atom stereocenters. The van der Waals surface area contributed by atoms with Crippen LogP contribution in [0.4, 0.5) is 4.79 Å². The van der Waals surface area contributed by atoms with E-state index >= 15 is 0 Å². The molecule has 1 N–H and O–H groups in total. The molecule has 0 rings (SSSR count). The first-order valence-electron chi connectivity index (χ1n) is 5.59. The van der Waals surface area contributed by atoms with E-state index in [9.17, 15) is 9.59 Å². The highest BCUT2D eigenvalue weighted by atomic mass is 16.6. The summed E-state index contributed by atoms with van der Waals surface area (Å²) < 4.78 is 9.77. The van der Waals surface area contributed by atoms with E-state index in [1.165, 1.54) is 6.08 Å². The third-order valence-electron chi connectivity index (χ3n) is 1.55. The molecule has 0 aliphatic rings. The molecule has 0 bridgehead atoms. The monoisotopic (exact) mass is 243 g/mol. The lowest BCUT2D eigenvalue weighted by atomic mass is 10.2. The van der Waals surface area contributed by atoms with Crippen molar-refractivity contribution in [2.24, 2.45) is 0 Å². The summed E-state index contributed by atoms with van der Waals surface area (Å²) in [4.78, 5) is 22.4. The molecule has 0 saturated heterocycles. The largest absolute Gasteiger partial charge is 0.463 e. The molecule has 17 heavy (non-hydrogen) atoms. The average molecular weight is 243 g/mol. The van der Waals surface area contributed by atoms with Crippen molar-refractivity contribution in [3.63, 3.8) is 0 Å². The number of amides is 1. The Labute approximate surface area is 102 Å². The quantitative estimate of drug-likeness (QED) is 0.606. The zero-order chi connectivity index (χ0) is 13.5. The minimum absolute atomic E-state index is 0.297. The average Bonchev–Trinajstić information content (AvgIpc) is 2.12. The van der Waals surface area contributed by atoms with Gasteiger partial charge in [0.15, 0.2) is 0 Å². The number of carbonyl (C=O) groups excluding carboxylic acids is 2. The second-order valence-corrected chi connectivity index (χ2v) is 4.55. The molecular weight excluding hydrogens is 222 g/mol. The van der Waals surface area contributed by atoms with Gasteiger partial charge in [-0.25, -0.2) is 9.59 Å². The molecule has 0 fully saturated rings. The van der Waals surface area contributed by atoms with Crippen molar-refractivity contribution in [1.29, 1.82) is 0 Å². The maximum atomic E-state index is 11.4. The van der Waals surface area contributed by atoms with Gasteiger partial charge in [-0.2, -0.15) is 0 Å². The van der Waals surface area contributed by atoms with Crippen LogP contribution in [0.3, 0.4) is 0 Å². The Bertz CT molecular complexity index is 291. The summed E-state index contributed by atoms with van der Waals surface area (Å²) in [5, 5.41) is 2.58. The number of alkyl carbamates (subject to hydrolysis) is 1. The van der Waals surface area contributed by atoms with E-state index < -0.39 is 17.7 Å². The van der Waals surface area contributed by atoms with Crippen LogP contribution in [0, 0.1) is 0 Å². The first-order chi connectivity index (χ1) is 7.74. The Kier molecular flexibility index (Phi) is 6.31. The third kappa shape index (κ3) is 9.41. The summed E-state index contributed by atoms with van der Waals surface area (Å²) in [7, 11) is 0. The van der Waals surface area contributed by atoms with Gasteiger partial charge in [0.2, 0.25) is 0 Å². The second kappa shape index (κ2) is 6.93. The van der Waals surface area contributed by atoms with Crippen LogP contribution >= 0.6 is 0 Å². The van der Waals surface area contributed by atoms with Crippen molar-refractivity contribution < 1.29 is 19.1 Å². The molecule has 0 spiro atoms. The highest BCUT2D eigenvalue weighted by Gasteiger charge is 2.16. The normalized spacial score (nSPS) is 13.2. The zero-order valence-corrected chi connectivity index (χ0v) is 11.1. The lowest BCUT2D eigenvalue weighted by Crippen LogP contribution is -2.36. The first kappa shape index (κ1) is 15.5. The maximum Gasteiger partial charge on any atom is 0.408 e. The highest BCUT2D eigenvalue weighted by molar-refractivity contribution is 5.82. The van der Waals surface area contributed by atoms with Crippen LogP contribution < -0.4 is 5.32 Å². The Balaban J connectivity index is 4.05. The molecule has 0 aliphatic carbocycles. The molecule has 1 amide bonds. The molecule has 5 nitrogen and oxygen atoms in total. The summed E-state index contributed by atoms with van der Waals surface area (Å²) in [5.74, 6) is -0.426. The number of carbonyl (C=O) groups is 2. The fraction of sp³-hybridized carbons (Fsp3) is 0.667. The molecule has 0 aliphatic heterocycles. The van der Waals surface area contributed by atoms with Crippen molar-refractivity contribution >= 4 is 12.1 Å². The predicted molar refractivity (Wildman–Crippen MR) is 64.6 cm³/mol. The lowest BCUT2D eigenvalue weighted by molar-refractivity contribution is -0.137. The highest BCUT2D eigenvalue weighted by Crippen LogP contribution is 2.06. The number of esters is 1. The third-order valence-corrected chi connectivity index (χ3v) is 1.55. The summed E-state index contributed by atoms with van der Waals surface area (Å²) in [6.07, 6.45) is 2.31. The van der Waals surface area contributed by atoms with Crippen LogP contribution in [0.15, 0.2) is 12.2 Å². The van der Waals surface area contributed by atoms with Crippen LogP contribution in [-0.4, -0.2) is 30.3 Å². The number of ether oxygens (including phenoxy) is 2. The van der Waals surface area contributed by atoms with Crippen LogP contribution in [0.2, 0.25) is 0 Å². The van der Waals surface area contributed by atoms with Crippen LogP contribution in [-0.2, 0) is 14.3 Å². The molecule has 0 saturated carbocycles. The summed E-state index contributed by atoms with van der Waals surface area (Å²) in [5.41, 5.74) is -0.533. The predicted octanol–water partition coefficient (Wildman–Crippen LogP) is 2.02. The van der Waals surface area contributed by atoms with Crippen molar-refractivity contribution in [3.8, 4) is 0 Å². The lowest BCUT2D eigenvalue weighted by Gasteiger charge is -2.20. The molecule has 0 heterocycles. The summed E-state index contributed by atoms with van der Waals surface area (Å²) in [6.45, 7) is 9.15. The van der Waals surface area contributed by atoms with E-state index in [-0.39, 0.29) is 6.04 Å². The van der Waals surface area contributed by atoms with Gasteiger partial charge >= 0.3 is 12.1 Å². The van der Waals surface area contributed by atoms with Gasteiger partial charge < -0.3 is 14.8 Å². The van der Waals surface area contributed by atoms with Crippen molar-refractivity contribution in [3.05, 3.63) is 12.2 Å².